The van der Waals surface area contributed by atoms with E-state index in [1.807, 2.05) is 24.3 Å². The number of hydrogen-bond donors (Lipinski definition) is 2. The van der Waals surface area contributed by atoms with Crippen molar-refractivity contribution in [2.24, 2.45) is 0 Å². The summed E-state index contributed by atoms with van der Waals surface area (Å²) in [6.45, 7) is 7.35. The highest BCUT2D eigenvalue weighted by atomic mass is 16.5. The molecule has 0 radical (unpaired) electrons. The molecule has 2 aromatic rings. The van der Waals surface area contributed by atoms with E-state index in [1.165, 1.54) is 12.0 Å². The molecule has 0 spiro atoms. The molecule has 1 aromatic heterocycles. The van der Waals surface area contributed by atoms with Gasteiger partial charge in [-0.25, -0.2) is 4.98 Å². The van der Waals surface area contributed by atoms with Gasteiger partial charge in [0, 0.05) is 31.9 Å². The van der Waals surface area contributed by atoms with Gasteiger partial charge in [-0.1, -0.05) is 24.8 Å². The lowest BCUT2D eigenvalue weighted by molar-refractivity contribution is 0.0524. The Kier molecular flexibility index (Phi) is 7.36. The lowest BCUT2D eigenvalue weighted by Crippen LogP contribution is -2.29. The predicted octanol–water partition coefficient (Wildman–Crippen LogP) is 5.21. The van der Waals surface area contributed by atoms with Crippen LogP contribution in [0.15, 0.2) is 48.7 Å². The highest BCUT2D eigenvalue weighted by Crippen LogP contribution is 2.33. The molecule has 6 nitrogen and oxygen atoms in total. The summed E-state index contributed by atoms with van der Waals surface area (Å²) in [5, 5.41) is 13.8. The molecule has 34 heavy (non-hydrogen) atoms. The maximum absolute atomic E-state index is 10.3. The number of nitrogens with one attached hydrogen (secondary N) is 1. The number of aromatic nitrogens is 1. The predicted molar refractivity (Wildman–Crippen MR) is 135 cm³/mol. The van der Waals surface area contributed by atoms with Crippen LogP contribution in [0.2, 0.25) is 0 Å². The van der Waals surface area contributed by atoms with Crippen molar-refractivity contribution in [3.8, 4) is 5.75 Å². The van der Waals surface area contributed by atoms with Crippen molar-refractivity contribution in [3.63, 3.8) is 0 Å². The van der Waals surface area contributed by atoms with Crippen molar-refractivity contribution in [2.45, 2.75) is 69.6 Å². The zero-order valence-electron chi connectivity index (χ0n) is 20.0. The molecule has 1 saturated carbocycles. The fraction of sp³-hybridized carbons (Fsp3) is 0.536. The zero-order valence-corrected chi connectivity index (χ0v) is 20.0. The molecular weight excluding hydrogens is 426 g/mol. The van der Waals surface area contributed by atoms with Crippen LogP contribution in [-0.2, 0) is 17.6 Å². The van der Waals surface area contributed by atoms with Gasteiger partial charge in [0.15, 0.2) is 0 Å². The number of fused-ring (bicyclic) bond motifs is 1. The monoisotopic (exact) mass is 463 g/mol. The van der Waals surface area contributed by atoms with Gasteiger partial charge < -0.3 is 19.9 Å². The lowest BCUT2D eigenvalue weighted by atomic mass is 10.0. The first-order chi connectivity index (χ1) is 16.7. The number of hydrogen-bond acceptors (Lipinski definition) is 6. The fourth-order valence-electron chi connectivity index (χ4n) is 5.01. The van der Waals surface area contributed by atoms with Gasteiger partial charge in [0.1, 0.15) is 17.3 Å². The van der Waals surface area contributed by atoms with Gasteiger partial charge >= 0.3 is 0 Å². The van der Waals surface area contributed by atoms with Gasteiger partial charge in [0.25, 0.3) is 0 Å². The fourth-order valence-corrected chi connectivity index (χ4v) is 5.01. The van der Waals surface area contributed by atoms with E-state index >= 15 is 0 Å². The number of nitrogens with zero attached hydrogens (tertiary/aromatic N) is 2. The summed E-state index contributed by atoms with van der Waals surface area (Å²) in [7, 11) is 0. The summed E-state index contributed by atoms with van der Waals surface area (Å²) in [5.41, 5.74) is 3.55. The number of rotatable bonds is 11. The van der Waals surface area contributed by atoms with Crippen LogP contribution < -0.4 is 10.1 Å². The SMILES string of the molecule is C=C(O)C(c1ccc(OC2CC2)cc1)N1CC[C@@H](OCCCCc2ccc3c(n2)NCCC3)C1. The molecule has 6 heteroatoms. The summed E-state index contributed by atoms with van der Waals surface area (Å²) < 4.78 is 12.0. The van der Waals surface area contributed by atoms with Crippen molar-refractivity contribution >= 4 is 5.82 Å². The third kappa shape index (κ3) is 5.91. The number of aliphatic hydroxyl groups is 1. The van der Waals surface area contributed by atoms with Crippen LogP contribution in [0.5, 0.6) is 5.75 Å². The molecule has 2 atom stereocenters. The molecule has 1 unspecified atom stereocenters. The Labute approximate surface area is 203 Å². The van der Waals surface area contributed by atoms with E-state index in [0.29, 0.717) is 6.10 Å². The van der Waals surface area contributed by atoms with Gasteiger partial charge in [-0.3, -0.25) is 4.90 Å². The van der Waals surface area contributed by atoms with Crippen LogP contribution >= 0.6 is 0 Å². The average Bonchev–Trinajstić information content (AvgIpc) is 3.55. The largest absolute Gasteiger partial charge is 0.511 e. The standard InChI is InChI=1S/C28H37N3O3/c1-20(32)27(21-8-11-24(12-9-21)34-25-13-14-25)31-17-15-26(19-31)33-18-3-2-6-23-10-7-22-5-4-16-29-28(22)30-23/h7-12,25-27,32H,1-6,13-19H2,(H,29,30)/t26-,27?/m1/s1. The minimum Gasteiger partial charge on any atom is -0.511 e. The number of likely N-dealkylation sites (tertiary alicyclic amines) is 1. The zero-order chi connectivity index (χ0) is 23.3. The van der Waals surface area contributed by atoms with E-state index in [1.54, 1.807) is 0 Å². The third-order valence-corrected chi connectivity index (χ3v) is 7.01. The van der Waals surface area contributed by atoms with Crippen molar-refractivity contribution in [1.29, 1.82) is 0 Å². The summed E-state index contributed by atoms with van der Waals surface area (Å²) in [5.74, 6) is 2.16. The molecule has 2 N–H and O–H groups in total. The van der Waals surface area contributed by atoms with E-state index in [0.717, 1.165) is 94.0 Å². The summed E-state index contributed by atoms with van der Waals surface area (Å²) in [6.07, 6.45) is 9.28. The first kappa shape index (κ1) is 23.2. The van der Waals surface area contributed by atoms with Crippen LogP contribution in [0.1, 0.15) is 61.4 Å². The van der Waals surface area contributed by atoms with Crippen molar-refractivity contribution in [3.05, 3.63) is 65.6 Å². The van der Waals surface area contributed by atoms with Gasteiger partial charge in [0.05, 0.1) is 18.2 Å². The second-order valence-corrected chi connectivity index (χ2v) is 9.85. The van der Waals surface area contributed by atoms with Gasteiger partial charge in [-0.2, -0.15) is 0 Å². The van der Waals surface area contributed by atoms with Gasteiger partial charge in [-0.15, -0.1) is 0 Å². The number of unbranched alkanes of at least 4 members (excludes halogenated alkanes) is 1. The number of benzene rings is 1. The second kappa shape index (κ2) is 10.8. The molecule has 3 heterocycles. The highest BCUT2D eigenvalue weighted by Gasteiger charge is 2.31. The topological polar surface area (TPSA) is 66.9 Å². The van der Waals surface area contributed by atoms with Crippen LogP contribution in [0, 0.1) is 0 Å². The maximum atomic E-state index is 10.3. The smallest absolute Gasteiger partial charge is 0.129 e. The van der Waals surface area contributed by atoms with Crippen molar-refractivity contribution in [1.82, 2.24) is 9.88 Å². The molecule has 0 bridgehead atoms. The average molecular weight is 464 g/mol. The van der Waals surface area contributed by atoms with Gasteiger partial charge in [-0.05, 0) is 80.7 Å². The maximum Gasteiger partial charge on any atom is 0.129 e. The first-order valence-electron chi connectivity index (χ1n) is 12.9. The molecule has 0 amide bonds. The van der Waals surface area contributed by atoms with Crippen LogP contribution in [0.25, 0.3) is 0 Å². The number of aliphatic hydroxyl groups excluding tert-OH is 1. The molecule has 1 saturated heterocycles. The third-order valence-electron chi connectivity index (χ3n) is 7.01. The minimum absolute atomic E-state index is 0.184. The summed E-state index contributed by atoms with van der Waals surface area (Å²) in [4.78, 5) is 7.06. The van der Waals surface area contributed by atoms with Gasteiger partial charge in [0.2, 0.25) is 0 Å². The molecule has 2 fully saturated rings. The second-order valence-electron chi connectivity index (χ2n) is 9.85. The van der Waals surface area contributed by atoms with E-state index in [2.05, 4.69) is 28.9 Å². The molecule has 5 rings (SSSR count). The van der Waals surface area contributed by atoms with Crippen molar-refractivity contribution in [2.75, 3.05) is 31.6 Å². The molecule has 1 aromatic carbocycles. The van der Waals surface area contributed by atoms with Crippen molar-refractivity contribution < 1.29 is 14.6 Å². The highest BCUT2D eigenvalue weighted by molar-refractivity contribution is 5.47. The van der Waals surface area contributed by atoms with E-state index in [-0.39, 0.29) is 17.9 Å². The molecular formula is C28H37N3O3. The molecule has 1 aliphatic carbocycles. The Morgan fingerprint density at radius 1 is 1.12 bits per heavy atom. The Morgan fingerprint density at radius 2 is 1.97 bits per heavy atom. The van der Waals surface area contributed by atoms with E-state index in [4.69, 9.17) is 14.5 Å². The Balaban J connectivity index is 1.05. The number of pyridine rings is 1. The number of anilines is 1. The van der Waals surface area contributed by atoms with Crippen LogP contribution in [0.4, 0.5) is 5.82 Å². The Hall–Kier alpha value is -2.57. The number of aryl methyl sites for hydroxylation is 2. The summed E-state index contributed by atoms with van der Waals surface area (Å²) in [6, 6.07) is 12.3. The minimum atomic E-state index is -0.202. The normalized spacial score (nSPS) is 21.0. The Morgan fingerprint density at radius 3 is 2.76 bits per heavy atom. The summed E-state index contributed by atoms with van der Waals surface area (Å²) >= 11 is 0. The molecule has 3 aliphatic rings. The van der Waals surface area contributed by atoms with E-state index in [9.17, 15) is 5.11 Å². The lowest BCUT2D eigenvalue weighted by Gasteiger charge is -2.27. The van der Waals surface area contributed by atoms with Crippen LogP contribution in [-0.4, -0.2) is 53.4 Å². The first-order valence-corrected chi connectivity index (χ1v) is 12.9. The molecule has 182 valence electrons. The van der Waals surface area contributed by atoms with E-state index < -0.39 is 0 Å². The Bertz CT molecular complexity index is 973. The number of ether oxygens (including phenoxy) is 2. The molecule has 2 aliphatic heterocycles. The van der Waals surface area contributed by atoms with Crippen LogP contribution in [0.3, 0.4) is 0 Å². The quantitative estimate of drug-likeness (QED) is 0.352.